The standard InChI is InChI=1S/C20H18N2O3/c1-13(19-11-16-5-3-4-6-18(16)25-19)22-20(23)14(2)24-17-9-7-15(12-21)8-10-17/h3-11,13-14H,1-2H3,(H,22,23)/t13-,14+/m1/s1. The molecule has 0 aliphatic carbocycles. The quantitative estimate of drug-likeness (QED) is 0.766. The first-order chi connectivity index (χ1) is 12.1. The zero-order valence-corrected chi connectivity index (χ0v) is 14.0. The maximum Gasteiger partial charge on any atom is 0.261 e. The third-order valence-electron chi connectivity index (χ3n) is 3.90. The van der Waals surface area contributed by atoms with E-state index in [-0.39, 0.29) is 11.9 Å². The van der Waals surface area contributed by atoms with Gasteiger partial charge in [-0.2, -0.15) is 5.26 Å². The Balaban J connectivity index is 1.62. The van der Waals surface area contributed by atoms with Gasteiger partial charge in [0.15, 0.2) is 6.10 Å². The van der Waals surface area contributed by atoms with Crippen molar-refractivity contribution in [2.24, 2.45) is 0 Å². The Hall–Kier alpha value is -3.26. The number of nitriles is 1. The predicted octanol–water partition coefficient (Wildman–Crippen LogP) is 3.95. The number of amides is 1. The fourth-order valence-electron chi connectivity index (χ4n) is 2.48. The van der Waals surface area contributed by atoms with E-state index in [2.05, 4.69) is 5.32 Å². The van der Waals surface area contributed by atoms with Gasteiger partial charge in [0, 0.05) is 5.39 Å². The van der Waals surface area contributed by atoms with E-state index in [9.17, 15) is 4.79 Å². The normalized spacial score (nSPS) is 13.0. The molecule has 0 spiro atoms. The van der Waals surface area contributed by atoms with Gasteiger partial charge in [0.1, 0.15) is 17.1 Å². The molecule has 2 aromatic carbocycles. The summed E-state index contributed by atoms with van der Waals surface area (Å²) < 4.78 is 11.4. The molecule has 0 aliphatic heterocycles. The fraction of sp³-hybridized carbons (Fsp3) is 0.200. The second-order valence-corrected chi connectivity index (χ2v) is 5.81. The molecular weight excluding hydrogens is 316 g/mol. The molecule has 1 N–H and O–H groups in total. The number of rotatable bonds is 5. The van der Waals surface area contributed by atoms with Crippen molar-refractivity contribution in [3.05, 3.63) is 65.9 Å². The van der Waals surface area contributed by atoms with E-state index < -0.39 is 6.10 Å². The monoisotopic (exact) mass is 334 g/mol. The van der Waals surface area contributed by atoms with Crippen molar-refractivity contribution >= 4 is 16.9 Å². The van der Waals surface area contributed by atoms with Crippen LogP contribution in [0.5, 0.6) is 5.75 Å². The number of para-hydroxylation sites is 1. The molecule has 5 heteroatoms. The van der Waals surface area contributed by atoms with Crippen molar-refractivity contribution in [3.8, 4) is 11.8 Å². The van der Waals surface area contributed by atoms with E-state index >= 15 is 0 Å². The first kappa shape index (κ1) is 16.6. The van der Waals surface area contributed by atoms with Gasteiger partial charge in [0.2, 0.25) is 0 Å². The van der Waals surface area contributed by atoms with Crippen LogP contribution in [0.25, 0.3) is 11.0 Å². The maximum atomic E-state index is 12.3. The van der Waals surface area contributed by atoms with Gasteiger partial charge in [0.25, 0.3) is 5.91 Å². The van der Waals surface area contributed by atoms with E-state index in [0.29, 0.717) is 17.1 Å². The lowest BCUT2D eigenvalue weighted by Gasteiger charge is -2.17. The number of nitrogens with zero attached hydrogens (tertiary/aromatic N) is 1. The number of carbonyl (C=O) groups is 1. The highest BCUT2D eigenvalue weighted by Crippen LogP contribution is 2.23. The first-order valence-corrected chi connectivity index (χ1v) is 8.02. The lowest BCUT2D eigenvalue weighted by Crippen LogP contribution is -2.37. The fourth-order valence-corrected chi connectivity index (χ4v) is 2.48. The summed E-state index contributed by atoms with van der Waals surface area (Å²) in [4.78, 5) is 12.3. The van der Waals surface area contributed by atoms with Gasteiger partial charge < -0.3 is 14.5 Å². The van der Waals surface area contributed by atoms with Crippen LogP contribution < -0.4 is 10.1 Å². The van der Waals surface area contributed by atoms with Crippen molar-refractivity contribution in [1.29, 1.82) is 5.26 Å². The summed E-state index contributed by atoms with van der Waals surface area (Å²) in [6, 6.07) is 18.0. The molecule has 2 atom stereocenters. The number of furan rings is 1. The zero-order valence-electron chi connectivity index (χ0n) is 14.0. The molecule has 5 nitrogen and oxygen atoms in total. The Bertz CT molecular complexity index is 889. The minimum atomic E-state index is -0.667. The summed E-state index contributed by atoms with van der Waals surface area (Å²) in [5.41, 5.74) is 1.34. The minimum absolute atomic E-state index is 0.239. The Morgan fingerprint density at radius 2 is 1.88 bits per heavy atom. The second kappa shape index (κ2) is 7.10. The molecule has 3 aromatic rings. The highest BCUT2D eigenvalue weighted by molar-refractivity contribution is 5.82. The predicted molar refractivity (Wildman–Crippen MR) is 94.0 cm³/mol. The van der Waals surface area contributed by atoms with E-state index in [1.54, 1.807) is 31.2 Å². The van der Waals surface area contributed by atoms with Crippen LogP contribution >= 0.6 is 0 Å². The summed E-state index contributed by atoms with van der Waals surface area (Å²) in [6.45, 7) is 3.54. The van der Waals surface area contributed by atoms with Crippen molar-refractivity contribution in [2.45, 2.75) is 26.0 Å². The summed E-state index contributed by atoms with van der Waals surface area (Å²) >= 11 is 0. The largest absolute Gasteiger partial charge is 0.481 e. The van der Waals surface area contributed by atoms with Crippen molar-refractivity contribution in [2.75, 3.05) is 0 Å². The number of carbonyl (C=O) groups excluding carboxylic acids is 1. The van der Waals surface area contributed by atoms with Gasteiger partial charge in [-0.3, -0.25) is 4.79 Å². The molecule has 126 valence electrons. The SMILES string of the molecule is C[C@H](Oc1ccc(C#N)cc1)C(=O)N[C@H](C)c1cc2ccccc2o1. The van der Waals surface area contributed by atoms with Gasteiger partial charge in [-0.25, -0.2) is 0 Å². The van der Waals surface area contributed by atoms with Crippen LogP contribution in [-0.2, 0) is 4.79 Å². The first-order valence-electron chi connectivity index (χ1n) is 8.02. The zero-order chi connectivity index (χ0) is 17.8. The summed E-state index contributed by atoms with van der Waals surface area (Å²) in [7, 11) is 0. The Morgan fingerprint density at radius 1 is 1.16 bits per heavy atom. The van der Waals surface area contributed by atoms with Gasteiger partial charge >= 0.3 is 0 Å². The molecule has 0 radical (unpaired) electrons. The highest BCUT2D eigenvalue weighted by Gasteiger charge is 2.19. The molecular formula is C20H18N2O3. The van der Waals surface area contributed by atoms with Crippen molar-refractivity contribution in [3.63, 3.8) is 0 Å². The Labute approximate surface area is 145 Å². The lowest BCUT2D eigenvalue weighted by atomic mass is 10.2. The topological polar surface area (TPSA) is 75.3 Å². The number of hydrogen-bond donors (Lipinski definition) is 1. The van der Waals surface area contributed by atoms with E-state index in [4.69, 9.17) is 14.4 Å². The number of hydrogen-bond acceptors (Lipinski definition) is 4. The molecule has 0 saturated carbocycles. The molecule has 1 heterocycles. The molecule has 1 amide bonds. The third-order valence-corrected chi connectivity index (χ3v) is 3.90. The molecule has 0 fully saturated rings. The molecule has 0 bridgehead atoms. The average Bonchev–Trinajstić information content (AvgIpc) is 3.06. The molecule has 0 unspecified atom stereocenters. The molecule has 0 aliphatic rings. The molecule has 1 aromatic heterocycles. The van der Waals surface area contributed by atoms with Crippen molar-refractivity contribution < 1.29 is 13.9 Å². The van der Waals surface area contributed by atoms with E-state index in [0.717, 1.165) is 11.0 Å². The number of fused-ring (bicyclic) bond motifs is 1. The lowest BCUT2D eigenvalue weighted by molar-refractivity contribution is -0.128. The molecule has 0 saturated heterocycles. The van der Waals surface area contributed by atoms with Crippen LogP contribution in [-0.4, -0.2) is 12.0 Å². The average molecular weight is 334 g/mol. The van der Waals surface area contributed by atoms with Gasteiger partial charge in [0.05, 0.1) is 17.7 Å². The number of nitrogens with one attached hydrogen (secondary N) is 1. The Kier molecular flexibility index (Phi) is 4.71. The Morgan fingerprint density at radius 3 is 2.56 bits per heavy atom. The smallest absolute Gasteiger partial charge is 0.261 e. The number of benzene rings is 2. The highest BCUT2D eigenvalue weighted by atomic mass is 16.5. The van der Waals surface area contributed by atoms with Crippen LogP contribution in [0.3, 0.4) is 0 Å². The van der Waals surface area contributed by atoms with Gasteiger partial charge in [-0.1, -0.05) is 18.2 Å². The van der Waals surface area contributed by atoms with Crippen LogP contribution in [0.2, 0.25) is 0 Å². The van der Waals surface area contributed by atoms with E-state index in [1.165, 1.54) is 0 Å². The van der Waals surface area contributed by atoms with Crippen LogP contribution in [0.1, 0.15) is 31.2 Å². The maximum absolute atomic E-state index is 12.3. The summed E-state index contributed by atoms with van der Waals surface area (Å²) in [6.07, 6.45) is -0.667. The molecule has 3 rings (SSSR count). The van der Waals surface area contributed by atoms with Crippen LogP contribution in [0.4, 0.5) is 0 Å². The van der Waals surface area contributed by atoms with Gasteiger partial charge in [-0.15, -0.1) is 0 Å². The van der Waals surface area contributed by atoms with Crippen LogP contribution in [0.15, 0.2) is 59.0 Å². The second-order valence-electron chi connectivity index (χ2n) is 5.81. The van der Waals surface area contributed by atoms with Crippen molar-refractivity contribution in [1.82, 2.24) is 5.32 Å². The summed E-state index contributed by atoms with van der Waals surface area (Å²) in [5, 5.41) is 12.7. The van der Waals surface area contributed by atoms with Crippen LogP contribution in [0, 0.1) is 11.3 Å². The van der Waals surface area contributed by atoms with E-state index in [1.807, 2.05) is 43.3 Å². The third kappa shape index (κ3) is 3.81. The number of ether oxygens (including phenoxy) is 1. The summed E-state index contributed by atoms with van der Waals surface area (Å²) in [5.74, 6) is 0.996. The van der Waals surface area contributed by atoms with Gasteiger partial charge in [-0.05, 0) is 50.2 Å². The minimum Gasteiger partial charge on any atom is -0.481 e. The molecule has 25 heavy (non-hydrogen) atoms.